The van der Waals surface area contributed by atoms with Crippen molar-refractivity contribution in [2.45, 2.75) is 65.2 Å². The number of aromatic nitrogens is 2. The van der Waals surface area contributed by atoms with Gasteiger partial charge in [-0.2, -0.15) is 26.3 Å². The first-order chi connectivity index (χ1) is 14.0. The van der Waals surface area contributed by atoms with E-state index in [-0.39, 0.29) is 29.8 Å². The van der Waals surface area contributed by atoms with Crippen molar-refractivity contribution in [2.75, 3.05) is 6.61 Å². The van der Waals surface area contributed by atoms with Crippen molar-refractivity contribution in [1.29, 1.82) is 0 Å². The maximum absolute atomic E-state index is 13.6. The molecular weight excluding hydrogens is 410 g/mol. The van der Waals surface area contributed by atoms with Gasteiger partial charge in [-0.15, -0.1) is 0 Å². The van der Waals surface area contributed by atoms with Gasteiger partial charge in [-0.05, 0) is 31.4 Å². The highest BCUT2D eigenvalue weighted by Gasteiger charge is 2.39. The summed E-state index contributed by atoms with van der Waals surface area (Å²) in [4.78, 5) is 8.68. The molecule has 0 N–H and O–H groups in total. The van der Waals surface area contributed by atoms with Crippen molar-refractivity contribution in [3.8, 4) is 17.1 Å². The van der Waals surface area contributed by atoms with Crippen molar-refractivity contribution in [2.24, 2.45) is 0 Å². The van der Waals surface area contributed by atoms with Gasteiger partial charge in [0.15, 0.2) is 0 Å². The van der Waals surface area contributed by atoms with Gasteiger partial charge < -0.3 is 4.74 Å². The maximum Gasteiger partial charge on any atom is 0.417 e. The molecule has 1 aromatic heterocycles. The predicted octanol–water partition coefficient (Wildman–Crippen LogP) is 6.88. The summed E-state index contributed by atoms with van der Waals surface area (Å²) < 4.78 is 85.4. The third-order valence-corrected chi connectivity index (χ3v) is 4.57. The highest BCUT2D eigenvalue weighted by Crippen LogP contribution is 2.41. The number of hydrogen-bond acceptors (Lipinski definition) is 3. The third-order valence-electron chi connectivity index (χ3n) is 4.57. The molecule has 0 atom stereocenters. The van der Waals surface area contributed by atoms with E-state index in [0.717, 1.165) is 25.3 Å². The van der Waals surface area contributed by atoms with Crippen LogP contribution in [0.15, 0.2) is 18.2 Å². The summed E-state index contributed by atoms with van der Waals surface area (Å²) in [6.45, 7) is 5.91. The van der Waals surface area contributed by atoms with Crippen molar-refractivity contribution >= 4 is 0 Å². The van der Waals surface area contributed by atoms with Crippen LogP contribution in [-0.4, -0.2) is 16.6 Å². The fraction of sp³-hybridized carbons (Fsp3) is 0.524. The molecule has 2 rings (SSSR count). The quantitative estimate of drug-likeness (QED) is 0.336. The Bertz CT molecular complexity index is 862. The summed E-state index contributed by atoms with van der Waals surface area (Å²) in [6.07, 6.45) is -6.49. The molecule has 0 saturated carbocycles. The highest BCUT2D eigenvalue weighted by molar-refractivity contribution is 5.68. The maximum atomic E-state index is 13.6. The van der Waals surface area contributed by atoms with Crippen LogP contribution in [0, 0.1) is 0 Å². The molecule has 30 heavy (non-hydrogen) atoms. The standard InChI is InChI=1S/C21H24F6N2O/c1-4-7-8-11-30-19-17(6-3)28-18(16(5-2)29-19)14-10-9-13(20(22,23)24)12-15(14)21(25,26)27/h9-10,12H,4-8,11H2,1-3H3. The van der Waals surface area contributed by atoms with Crippen LogP contribution < -0.4 is 4.74 Å². The van der Waals surface area contributed by atoms with E-state index in [1.54, 1.807) is 13.8 Å². The van der Waals surface area contributed by atoms with Crippen LogP contribution in [0.5, 0.6) is 5.88 Å². The first kappa shape index (κ1) is 24.0. The minimum absolute atomic E-state index is 0.0729. The molecule has 0 bridgehead atoms. The van der Waals surface area contributed by atoms with E-state index in [2.05, 4.69) is 9.97 Å². The minimum atomic E-state index is -4.98. The summed E-state index contributed by atoms with van der Waals surface area (Å²) >= 11 is 0. The summed E-state index contributed by atoms with van der Waals surface area (Å²) in [7, 11) is 0. The molecule has 1 aromatic carbocycles. The molecule has 0 aliphatic carbocycles. The Balaban J connectivity index is 2.59. The molecular formula is C21H24F6N2O. The van der Waals surface area contributed by atoms with E-state index >= 15 is 0 Å². The fourth-order valence-electron chi connectivity index (χ4n) is 2.98. The van der Waals surface area contributed by atoms with Gasteiger partial charge in [0, 0.05) is 5.56 Å². The molecule has 0 amide bonds. The number of hydrogen-bond donors (Lipinski definition) is 0. The van der Waals surface area contributed by atoms with Crippen LogP contribution in [-0.2, 0) is 25.2 Å². The van der Waals surface area contributed by atoms with E-state index in [0.29, 0.717) is 24.8 Å². The second kappa shape index (κ2) is 9.66. The average Bonchev–Trinajstić information content (AvgIpc) is 2.68. The summed E-state index contributed by atoms with van der Waals surface area (Å²) in [6, 6.07) is 1.57. The summed E-state index contributed by atoms with van der Waals surface area (Å²) in [5, 5.41) is 0. The van der Waals surface area contributed by atoms with Gasteiger partial charge in [0.25, 0.3) is 0 Å². The zero-order valence-corrected chi connectivity index (χ0v) is 17.0. The molecule has 0 unspecified atom stereocenters. The second-order valence-electron chi connectivity index (χ2n) is 6.79. The van der Waals surface area contributed by atoms with Gasteiger partial charge >= 0.3 is 12.4 Å². The molecule has 0 spiro atoms. The number of ether oxygens (including phenoxy) is 1. The largest absolute Gasteiger partial charge is 0.476 e. The number of alkyl halides is 6. The topological polar surface area (TPSA) is 35.0 Å². The molecule has 0 aliphatic rings. The molecule has 3 nitrogen and oxygen atoms in total. The van der Waals surface area contributed by atoms with Gasteiger partial charge in [0.1, 0.15) is 5.69 Å². The van der Waals surface area contributed by atoms with Gasteiger partial charge in [0.05, 0.1) is 29.1 Å². The first-order valence-corrected chi connectivity index (χ1v) is 9.84. The van der Waals surface area contributed by atoms with Crippen LogP contribution in [0.4, 0.5) is 26.3 Å². The molecule has 166 valence electrons. The molecule has 2 aromatic rings. The lowest BCUT2D eigenvalue weighted by Crippen LogP contribution is -2.14. The van der Waals surface area contributed by atoms with Gasteiger partial charge in [-0.25, -0.2) is 9.97 Å². The minimum Gasteiger partial charge on any atom is -0.476 e. The molecule has 0 saturated heterocycles. The molecule has 0 aliphatic heterocycles. The lowest BCUT2D eigenvalue weighted by Gasteiger charge is -2.18. The summed E-state index contributed by atoms with van der Waals surface area (Å²) in [5.74, 6) is 0.259. The van der Waals surface area contributed by atoms with E-state index < -0.39 is 29.0 Å². The zero-order chi connectivity index (χ0) is 22.5. The molecule has 1 heterocycles. The number of aryl methyl sites for hydroxylation is 2. The van der Waals surface area contributed by atoms with Crippen molar-refractivity contribution in [3.63, 3.8) is 0 Å². The van der Waals surface area contributed by atoms with E-state index in [9.17, 15) is 26.3 Å². The zero-order valence-electron chi connectivity index (χ0n) is 17.0. The number of benzene rings is 1. The Morgan fingerprint density at radius 2 is 1.50 bits per heavy atom. The molecule has 0 fully saturated rings. The number of unbranched alkanes of at least 4 members (excludes halogenated alkanes) is 2. The lowest BCUT2D eigenvalue weighted by molar-refractivity contribution is -0.142. The summed E-state index contributed by atoms with van der Waals surface area (Å²) in [5.41, 5.74) is -2.64. The van der Waals surface area contributed by atoms with Crippen molar-refractivity contribution in [3.05, 3.63) is 40.7 Å². The monoisotopic (exact) mass is 434 g/mol. The smallest absolute Gasteiger partial charge is 0.417 e. The third kappa shape index (κ3) is 5.64. The van der Waals surface area contributed by atoms with Crippen LogP contribution in [0.25, 0.3) is 11.3 Å². The Labute approximate surface area is 171 Å². The van der Waals surface area contributed by atoms with Gasteiger partial charge in [-0.1, -0.05) is 39.7 Å². The molecule has 9 heteroatoms. The Hall–Kier alpha value is -2.32. The van der Waals surface area contributed by atoms with E-state index in [1.165, 1.54) is 0 Å². The van der Waals surface area contributed by atoms with Crippen LogP contribution in [0.3, 0.4) is 0 Å². The van der Waals surface area contributed by atoms with Crippen molar-refractivity contribution < 1.29 is 31.1 Å². The van der Waals surface area contributed by atoms with Crippen LogP contribution >= 0.6 is 0 Å². The lowest BCUT2D eigenvalue weighted by atomic mass is 9.98. The van der Waals surface area contributed by atoms with Gasteiger partial charge in [-0.3, -0.25) is 0 Å². The second-order valence-corrected chi connectivity index (χ2v) is 6.79. The Morgan fingerprint density at radius 3 is 2.03 bits per heavy atom. The van der Waals surface area contributed by atoms with Crippen LogP contribution in [0.2, 0.25) is 0 Å². The fourth-order valence-corrected chi connectivity index (χ4v) is 2.98. The Morgan fingerprint density at radius 1 is 0.833 bits per heavy atom. The average molecular weight is 434 g/mol. The normalized spacial score (nSPS) is 12.3. The van der Waals surface area contributed by atoms with Gasteiger partial charge in [0.2, 0.25) is 5.88 Å². The number of rotatable bonds is 8. The number of nitrogens with zero attached hydrogens (tertiary/aromatic N) is 2. The SMILES string of the molecule is CCCCCOc1nc(CC)c(-c2ccc(C(F)(F)F)cc2C(F)(F)F)nc1CC. The van der Waals surface area contributed by atoms with E-state index in [1.807, 2.05) is 6.92 Å². The number of halogens is 6. The Kier molecular flexibility index (Phi) is 7.71. The molecule has 0 radical (unpaired) electrons. The van der Waals surface area contributed by atoms with Crippen LogP contribution in [0.1, 0.15) is 62.5 Å². The first-order valence-electron chi connectivity index (χ1n) is 9.84. The predicted molar refractivity (Wildman–Crippen MR) is 101 cm³/mol. The highest BCUT2D eigenvalue weighted by atomic mass is 19.4. The van der Waals surface area contributed by atoms with E-state index in [4.69, 9.17) is 4.74 Å². The van der Waals surface area contributed by atoms with Crippen molar-refractivity contribution in [1.82, 2.24) is 9.97 Å².